The number of amides is 1. The van der Waals surface area contributed by atoms with Gasteiger partial charge >= 0.3 is 6.09 Å². The molecule has 0 aliphatic heterocycles. The molecule has 2 heterocycles. The summed E-state index contributed by atoms with van der Waals surface area (Å²) in [5.74, 6) is 0.0725. The van der Waals surface area contributed by atoms with Crippen LogP contribution >= 0.6 is 0 Å². The van der Waals surface area contributed by atoms with Crippen molar-refractivity contribution in [1.82, 2.24) is 19.7 Å². The van der Waals surface area contributed by atoms with E-state index in [2.05, 4.69) is 15.0 Å². The Balaban J connectivity index is 1.15. The number of aryl methyl sites for hydroxylation is 1. The largest absolute Gasteiger partial charge is 0.443 e. The van der Waals surface area contributed by atoms with Crippen LogP contribution in [-0.2, 0) is 24.2 Å². The van der Waals surface area contributed by atoms with Crippen molar-refractivity contribution in [2.75, 3.05) is 0 Å². The lowest BCUT2D eigenvalue weighted by Gasteiger charge is -2.34. The molecule has 0 radical (unpaired) electrons. The first-order valence-electron chi connectivity index (χ1n) is 12.8. The lowest BCUT2D eigenvalue weighted by molar-refractivity contribution is 0.0642. The molecule has 0 bridgehead atoms. The summed E-state index contributed by atoms with van der Waals surface area (Å²) in [5.41, 5.74) is 5.62. The van der Waals surface area contributed by atoms with Gasteiger partial charge in [-0.25, -0.2) is 4.79 Å². The number of hydrogen-bond acceptors (Lipinski definition) is 5. The van der Waals surface area contributed by atoms with Gasteiger partial charge < -0.3 is 9.64 Å². The van der Waals surface area contributed by atoms with Crippen LogP contribution in [0.2, 0.25) is 0 Å². The highest BCUT2D eigenvalue weighted by Gasteiger charge is 2.39. The molecular weight excluding hydrogens is 464 g/mol. The van der Waals surface area contributed by atoms with E-state index in [4.69, 9.17) is 4.74 Å². The predicted molar refractivity (Wildman–Crippen MR) is 139 cm³/mol. The zero-order valence-electron chi connectivity index (χ0n) is 20.5. The van der Waals surface area contributed by atoms with E-state index in [1.165, 1.54) is 4.68 Å². The fraction of sp³-hybridized carbons (Fsp3) is 0.267. The number of aromatic nitrogens is 3. The van der Waals surface area contributed by atoms with Crippen molar-refractivity contribution in [3.8, 4) is 11.1 Å². The Hall–Kier alpha value is -4.26. The van der Waals surface area contributed by atoms with E-state index in [-0.39, 0.29) is 24.6 Å². The summed E-state index contributed by atoms with van der Waals surface area (Å²) in [4.78, 5) is 32.5. The van der Waals surface area contributed by atoms with Crippen molar-refractivity contribution in [2.24, 2.45) is 0 Å². The lowest BCUT2D eigenvalue weighted by Crippen LogP contribution is -2.44. The standard InChI is InChI=1S/C30H28N4O3/c35-29(23-10-8-22(9-11-23)24-7-4-16-31-18-24)34(26-12-13-26)27-14-15-28-25(17-27)19-33(32-28)30(36)37-20-21-5-2-1-3-6-21/h1-11,16,18-19,26-27H,12-15,17,20H2. The Morgan fingerprint density at radius 2 is 1.73 bits per heavy atom. The summed E-state index contributed by atoms with van der Waals surface area (Å²) < 4.78 is 6.75. The number of pyridine rings is 1. The first-order chi connectivity index (χ1) is 18.2. The Kier molecular flexibility index (Phi) is 6.26. The van der Waals surface area contributed by atoms with Crippen LogP contribution in [-0.4, -0.2) is 43.7 Å². The Labute approximate surface area is 215 Å². The zero-order chi connectivity index (χ0) is 25.2. The number of ether oxygens (including phenoxy) is 1. The van der Waals surface area contributed by atoms with Gasteiger partial charge in [-0.05, 0) is 72.6 Å². The minimum Gasteiger partial charge on any atom is -0.443 e. The van der Waals surface area contributed by atoms with E-state index < -0.39 is 6.09 Å². The number of fused-ring (bicyclic) bond motifs is 1. The molecule has 186 valence electrons. The molecule has 0 N–H and O–H groups in total. The second-order valence-corrected chi connectivity index (χ2v) is 9.75. The zero-order valence-corrected chi connectivity index (χ0v) is 20.5. The number of carbonyl (C=O) groups excluding carboxylic acids is 2. The highest BCUT2D eigenvalue weighted by Crippen LogP contribution is 2.35. The Morgan fingerprint density at radius 3 is 2.46 bits per heavy atom. The quantitative estimate of drug-likeness (QED) is 0.365. The van der Waals surface area contributed by atoms with Crippen LogP contribution in [0.4, 0.5) is 4.79 Å². The molecule has 37 heavy (non-hydrogen) atoms. The van der Waals surface area contributed by atoms with Gasteiger partial charge in [-0.3, -0.25) is 9.78 Å². The van der Waals surface area contributed by atoms with Gasteiger partial charge in [0.2, 0.25) is 0 Å². The Morgan fingerprint density at radius 1 is 0.919 bits per heavy atom. The second kappa shape index (κ2) is 10.0. The molecule has 1 unspecified atom stereocenters. The molecule has 0 saturated heterocycles. The molecule has 2 aliphatic carbocycles. The van der Waals surface area contributed by atoms with Crippen molar-refractivity contribution in [1.29, 1.82) is 0 Å². The fourth-order valence-corrected chi connectivity index (χ4v) is 5.07. The third-order valence-corrected chi connectivity index (χ3v) is 7.13. The van der Waals surface area contributed by atoms with Crippen LogP contribution in [0.1, 0.15) is 46.4 Å². The number of rotatable bonds is 6. The van der Waals surface area contributed by atoms with E-state index in [0.717, 1.165) is 53.6 Å². The summed E-state index contributed by atoms with van der Waals surface area (Å²) in [7, 11) is 0. The van der Waals surface area contributed by atoms with Crippen LogP contribution < -0.4 is 0 Å². The van der Waals surface area contributed by atoms with E-state index >= 15 is 0 Å². The van der Waals surface area contributed by atoms with Crippen LogP contribution in [0.5, 0.6) is 0 Å². The first kappa shape index (κ1) is 23.2. The van der Waals surface area contributed by atoms with Crippen molar-refractivity contribution < 1.29 is 14.3 Å². The van der Waals surface area contributed by atoms with Crippen molar-refractivity contribution in [3.05, 3.63) is 108 Å². The van der Waals surface area contributed by atoms with Gasteiger partial charge in [0.05, 0.1) is 5.69 Å². The smallest absolute Gasteiger partial charge is 0.435 e. The number of carbonyl (C=O) groups is 2. The molecule has 1 saturated carbocycles. The topological polar surface area (TPSA) is 77.3 Å². The molecule has 0 spiro atoms. The van der Waals surface area contributed by atoms with Gasteiger partial charge in [-0.2, -0.15) is 9.78 Å². The van der Waals surface area contributed by atoms with Crippen LogP contribution in [0.3, 0.4) is 0 Å². The number of nitrogens with zero attached hydrogens (tertiary/aromatic N) is 4. The molecule has 4 aromatic rings. The fourth-order valence-electron chi connectivity index (χ4n) is 5.07. The highest BCUT2D eigenvalue weighted by atomic mass is 16.6. The molecular formula is C30H28N4O3. The van der Waals surface area contributed by atoms with E-state index in [1.54, 1.807) is 12.4 Å². The van der Waals surface area contributed by atoms with Gasteiger partial charge in [0.25, 0.3) is 5.91 Å². The maximum atomic E-state index is 13.6. The molecule has 2 aromatic carbocycles. The maximum Gasteiger partial charge on any atom is 0.435 e. The summed E-state index contributed by atoms with van der Waals surface area (Å²) in [5, 5.41) is 4.49. The molecule has 2 aromatic heterocycles. The highest BCUT2D eigenvalue weighted by molar-refractivity contribution is 5.95. The maximum absolute atomic E-state index is 13.6. The van der Waals surface area contributed by atoms with Gasteiger partial charge in [-0.15, -0.1) is 0 Å². The summed E-state index contributed by atoms with van der Waals surface area (Å²) in [6, 6.07) is 21.7. The minimum atomic E-state index is -0.487. The summed E-state index contributed by atoms with van der Waals surface area (Å²) in [6.07, 6.45) is 9.19. The van der Waals surface area contributed by atoms with Crippen LogP contribution in [0.15, 0.2) is 85.3 Å². The second-order valence-electron chi connectivity index (χ2n) is 9.75. The monoisotopic (exact) mass is 492 g/mol. The summed E-state index contributed by atoms with van der Waals surface area (Å²) >= 11 is 0. The third-order valence-electron chi connectivity index (χ3n) is 7.13. The average molecular weight is 493 g/mol. The van der Waals surface area contributed by atoms with E-state index in [0.29, 0.717) is 12.0 Å². The SMILES string of the molecule is O=C(c1ccc(-c2cccnc2)cc1)N(C1CC1)C1CCc2nn(C(=O)OCc3ccccc3)cc2C1. The van der Waals surface area contributed by atoms with Gasteiger partial charge in [0, 0.05) is 36.2 Å². The molecule has 1 fully saturated rings. The van der Waals surface area contributed by atoms with Gasteiger partial charge in [0.1, 0.15) is 6.61 Å². The number of hydrogen-bond donors (Lipinski definition) is 0. The van der Waals surface area contributed by atoms with Crippen LogP contribution in [0, 0.1) is 0 Å². The molecule has 6 rings (SSSR count). The van der Waals surface area contributed by atoms with Crippen LogP contribution in [0.25, 0.3) is 11.1 Å². The molecule has 7 heteroatoms. The molecule has 1 atom stereocenters. The molecule has 1 amide bonds. The average Bonchev–Trinajstić information content (AvgIpc) is 3.69. The van der Waals surface area contributed by atoms with Crippen molar-refractivity contribution in [2.45, 2.75) is 50.8 Å². The normalized spacial score (nSPS) is 16.6. The Bertz CT molecular complexity index is 1400. The molecule has 7 nitrogen and oxygen atoms in total. The summed E-state index contributed by atoms with van der Waals surface area (Å²) in [6.45, 7) is 0.205. The predicted octanol–water partition coefficient (Wildman–Crippen LogP) is 5.29. The first-order valence-corrected chi connectivity index (χ1v) is 12.8. The van der Waals surface area contributed by atoms with Gasteiger partial charge in [0.15, 0.2) is 0 Å². The van der Waals surface area contributed by atoms with E-state index in [9.17, 15) is 9.59 Å². The van der Waals surface area contributed by atoms with Crippen molar-refractivity contribution >= 4 is 12.0 Å². The third kappa shape index (κ3) is 5.03. The molecule has 2 aliphatic rings. The van der Waals surface area contributed by atoms with Gasteiger partial charge in [-0.1, -0.05) is 48.5 Å². The van der Waals surface area contributed by atoms with E-state index in [1.807, 2.05) is 72.9 Å². The number of benzene rings is 2. The minimum absolute atomic E-state index is 0.0725. The van der Waals surface area contributed by atoms with Crippen molar-refractivity contribution in [3.63, 3.8) is 0 Å². The lowest BCUT2D eigenvalue weighted by atomic mass is 9.91.